The fraction of sp³-hybridized carbons (Fsp3) is 0.333. The average Bonchev–Trinajstić information content (AvgIpc) is 2.36. The molecule has 0 aliphatic carbocycles. The Morgan fingerprint density at radius 3 is 2.89 bits per heavy atom. The second kappa shape index (κ2) is 7.10. The maximum absolute atomic E-state index is 11.7. The summed E-state index contributed by atoms with van der Waals surface area (Å²) in [6.45, 7) is 3.64. The van der Waals surface area contributed by atoms with Gasteiger partial charge in [-0.05, 0) is 26.0 Å². The van der Waals surface area contributed by atoms with Crippen LogP contribution < -0.4 is 11.2 Å². The number of amides is 1. The van der Waals surface area contributed by atoms with E-state index < -0.39 is 5.91 Å². The van der Waals surface area contributed by atoms with E-state index in [9.17, 15) is 9.59 Å². The Labute approximate surface area is 110 Å². The number of hydrogen-bond donors (Lipinski definition) is 2. The van der Waals surface area contributed by atoms with E-state index in [0.717, 1.165) is 0 Å². The largest absolute Gasteiger partial charge is 0.466 e. The molecule has 1 heterocycles. The lowest BCUT2D eigenvalue weighted by atomic mass is 10.2. The van der Waals surface area contributed by atoms with Crippen molar-refractivity contribution in [3.8, 4) is 0 Å². The highest BCUT2D eigenvalue weighted by Gasteiger charge is 2.09. The van der Waals surface area contributed by atoms with Gasteiger partial charge in [0.25, 0.3) is 5.91 Å². The number of anilines is 1. The van der Waals surface area contributed by atoms with Crippen molar-refractivity contribution in [3.63, 3.8) is 0 Å². The summed E-state index contributed by atoms with van der Waals surface area (Å²) in [4.78, 5) is 26.7. The number of ether oxygens (including phenoxy) is 1. The molecule has 7 nitrogen and oxygen atoms in total. The predicted molar refractivity (Wildman–Crippen MR) is 70.5 cm³/mol. The molecule has 0 spiro atoms. The monoisotopic (exact) mass is 264 g/mol. The van der Waals surface area contributed by atoms with Crippen LogP contribution in [0.15, 0.2) is 23.4 Å². The lowest BCUT2D eigenvalue weighted by Crippen LogP contribution is -2.21. The summed E-state index contributed by atoms with van der Waals surface area (Å²) in [6, 6.07) is 3.13. The topological polar surface area (TPSA) is 107 Å². The van der Waals surface area contributed by atoms with Gasteiger partial charge < -0.3 is 10.5 Å². The molecular formula is C12H16N4O3. The van der Waals surface area contributed by atoms with Gasteiger partial charge in [-0.25, -0.2) is 10.4 Å². The van der Waals surface area contributed by atoms with Crippen molar-refractivity contribution in [2.75, 3.05) is 12.3 Å². The molecule has 0 saturated carbocycles. The molecule has 1 rings (SSSR count). The van der Waals surface area contributed by atoms with Gasteiger partial charge in [-0.15, -0.1) is 0 Å². The Hall–Kier alpha value is -2.44. The zero-order valence-electron chi connectivity index (χ0n) is 10.8. The molecule has 19 heavy (non-hydrogen) atoms. The first-order valence-corrected chi connectivity index (χ1v) is 5.74. The molecule has 102 valence electrons. The van der Waals surface area contributed by atoms with Crippen molar-refractivity contribution in [1.29, 1.82) is 0 Å². The smallest absolute Gasteiger partial charge is 0.311 e. The summed E-state index contributed by atoms with van der Waals surface area (Å²) in [6.07, 6.45) is 1.51. The number of hydrazone groups is 1. The maximum Gasteiger partial charge on any atom is 0.311 e. The minimum Gasteiger partial charge on any atom is -0.466 e. The molecule has 1 aromatic rings. The van der Waals surface area contributed by atoms with Crippen molar-refractivity contribution in [1.82, 2.24) is 10.4 Å². The SMILES string of the molecule is CCOC(=O)C/C(C)=N/NC(=O)c1cccnc1N. The lowest BCUT2D eigenvalue weighted by Gasteiger charge is -2.04. The van der Waals surface area contributed by atoms with E-state index in [2.05, 4.69) is 15.5 Å². The van der Waals surface area contributed by atoms with Crippen LogP contribution in [0, 0.1) is 0 Å². The Kier molecular flexibility index (Phi) is 5.46. The van der Waals surface area contributed by atoms with Gasteiger partial charge in [0, 0.05) is 11.9 Å². The van der Waals surface area contributed by atoms with Crippen LogP contribution in [0.4, 0.5) is 5.82 Å². The van der Waals surface area contributed by atoms with Crippen LogP contribution in [-0.4, -0.2) is 29.2 Å². The standard InChI is InChI=1S/C12H16N4O3/c1-3-19-10(17)7-8(2)15-16-12(18)9-5-4-6-14-11(9)13/h4-6H,3,7H2,1-2H3,(H2,13,14)(H,16,18)/b15-8+. The highest BCUT2D eigenvalue weighted by molar-refractivity contribution is 6.01. The van der Waals surface area contributed by atoms with Crippen molar-refractivity contribution in [2.24, 2.45) is 5.10 Å². The molecule has 1 aromatic heterocycles. The van der Waals surface area contributed by atoms with Crippen LogP contribution in [0.2, 0.25) is 0 Å². The highest BCUT2D eigenvalue weighted by Crippen LogP contribution is 2.06. The number of carbonyl (C=O) groups excluding carboxylic acids is 2. The summed E-state index contributed by atoms with van der Waals surface area (Å²) < 4.78 is 4.76. The van der Waals surface area contributed by atoms with Gasteiger partial charge in [0.15, 0.2) is 0 Å². The first kappa shape index (κ1) is 14.6. The Morgan fingerprint density at radius 1 is 1.53 bits per heavy atom. The van der Waals surface area contributed by atoms with Crippen LogP contribution in [0.5, 0.6) is 0 Å². The van der Waals surface area contributed by atoms with Gasteiger partial charge in [-0.1, -0.05) is 0 Å². The number of rotatable bonds is 5. The molecular weight excluding hydrogens is 248 g/mol. The molecule has 7 heteroatoms. The van der Waals surface area contributed by atoms with Gasteiger partial charge in [0.05, 0.1) is 18.6 Å². The second-order valence-corrected chi connectivity index (χ2v) is 3.71. The molecule has 0 atom stereocenters. The third-order valence-electron chi connectivity index (χ3n) is 2.14. The normalized spacial score (nSPS) is 10.9. The molecule has 3 N–H and O–H groups in total. The van der Waals surface area contributed by atoms with Gasteiger partial charge >= 0.3 is 5.97 Å². The number of carbonyl (C=O) groups is 2. The van der Waals surface area contributed by atoms with Crippen LogP contribution in [0.3, 0.4) is 0 Å². The van der Waals surface area contributed by atoms with E-state index in [0.29, 0.717) is 12.3 Å². The number of pyridine rings is 1. The van der Waals surface area contributed by atoms with E-state index in [4.69, 9.17) is 10.5 Å². The molecule has 0 aliphatic heterocycles. The molecule has 0 aliphatic rings. The lowest BCUT2D eigenvalue weighted by molar-refractivity contribution is -0.141. The zero-order chi connectivity index (χ0) is 14.3. The Bertz CT molecular complexity index is 500. The van der Waals surface area contributed by atoms with Gasteiger partial charge in [-0.3, -0.25) is 9.59 Å². The second-order valence-electron chi connectivity index (χ2n) is 3.71. The zero-order valence-corrected chi connectivity index (χ0v) is 10.8. The number of nitrogens with zero attached hydrogens (tertiary/aromatic N) is 2. The van der Waals surface area contributed by atoms with E-state index in [1.54, 1.807) is 19.9 Å². The molecule has 1 amide bonds. The minimum absolute atomic E-state index is 0.0244. The summed E-state index contributed by atoms with van der Waals surface area (Å²) in [5.74, 6) is -0.744. The Morgan fingerprint density at radius 2 is 2.26 bits per heavy atom. The first-order valence-electron chi connectivity index (χ1n) is 5.74. The van der Waals surface area contributed by atoms with Crippen LogP contribution in [0.25, 0.3) is 0 Å². The number of esters is 1. The van der Waals surface area contributed by atoms with Gasteiger partial charge in [0.2, 0.25) is 0 Å². The number of hydrogen-bond acceptors (Lipinski definition) is 6. The number of nitrogens with one attached hydrogen (secondary N) is 1. The van der Waals surface area contributed by atoms with Crippen LogP contribution in [-0.2, 0) is 9.53 Å². The average molecular weight is 264 g/mol. The highest BCUT2D eigenvalue weighted by atomic mass is 16.5. The molecule has 0 aromatic carbocycles. The van der Waals surface area contributed by atoms with Crippen LogP contribution >= 0.6 is 0 Å². The quantitative estimate of drug-likeness (QED) is 0.463. The number of nitrogen functional groups attached to an aromatic ring is 1. The van der Waals surface area contributed by atoms with E-state index >= 15 is 0 Å². The third kappa shape index (κ3) is 4.74. The molecule has 0 saturated heterocycles. The number of aromatic nitrogens is 1. The van der Waals surface area contributed by atoms with Gasteiger partial charge in [-0.2, -0.15) is 5.10 Å². The summed E-state index contributed by atoms with van der Waals surface area (Å²) in [5, 5.41) is 3.80. The van der Waals surface area contributed by atoms with Crippen molar-refractivity contribution < 1.29 is 14.3 Å². The van der Waals surface area contributed by atoms with Crippen LogP contribution in [0.1, 0.15) is 30.6 Å². The van der Waals surface area contributed by atoms with E-state index in [-0.39, 0.29) is 23.8 Å². The summed E-state index contributed by atoms with van der Waals surface area (Å²) >= 11 is 0. The fourth-order valence-corrected chi connectivity index (χ4v) is 1.28. The Balaban J connectivity index is 2.58. The van der Waals surface area contributed by atoms with Gasteiger partial charge in [0.1, 0.15) is 5.82 Å². The fourth-order valence-electron chi connectivity index (χ4n) is 1.28. The molecule has 0 fully saturated rings. The maximum atomic E-state index is 11.7. The first-order chi connectivity index (χ1) is 9.04. The molecule has 0 radical (unpaired) electrons. The number of nitrogens with two attached hydrogens (primary N) is 1. The summed E-state index contributed by atoms with van der Waals surface area (Å²) in [5.41, 5.74) is 8.53. The van der Waals surface area contributed by atoms with E-state index in [1.807, 2.05) is 0 Å². The van der Waals surface area contributed by atoms with Crippen molar-refractivity contribution in [3.05, 3.63) is 23.9 Å². The van der Waals surface area contributed by atoms with E-state index in [1.165, 1.54) is 12.3 Å². The third-order valence-corrected chi connectivity index (χ3v) is 2.14. The summed E-state index contributed by atoms with van der Waals surface area (Å²) in [7, 11) is 0. The van der Waals surface area contributed by atoms with Crippen molar-refractivity contribution >= 4 is 23.4 Å². The minimum atomic E-state index is -0.478. The molecule has 0 unspecified atom stereocenters. The molecule has 0 bridgehead atoms. The predicted octanol–water partition coefficient (Wildman–Crippen LogP) is 0.723. The van der Waals surface area contributed by atoms with Crippen molar-refractivity contribution in [2.45, 2.75) is 20.3 Å².